The smallest absolute Gasteiger partial charge is 0.338 e. The first kappa shape index (κ1) is 10.7. The lowest BCUT2D eigenvalue weighted by atomic mass is 10.1. The highest BCUT2D eigenvalue weighted by Gasteiger charge is 2.19. The molecule has 0 unspecified atom stereocenters. The number of rotatable bonds is 4. The maximum Gasteiger partial charge on any atom is 0.338 e. The van der Waals surface area contributed by atoms with Gasteiger partial charge < -0.3 is 10.5 Å². The minimum absolute atomic E-state index is 0.251. The molecule has 0 bridgehead atoms. The third-order valence-electron chi connectivity index (χ3n) is 2.12. The second-order valence-corrected chi connectivity index (χ2v) is 3.23. The van der Waals surface area contributed by atoms with Crippen LogP contribution >= 0.6 is 0 Å². The maximum absolute atomic E-state index is 11.3. The van der Waals surface area contributed by atoms with Gasteiger partial charge in [0.1, 0.15) is 6.61 Å². The van der Waals surface area contributed by atoms with Crippen molar-refractivity contribution in [1.82, 2.24) is 0 Å². The standard InChI is InChI=1S/C11H15NO2/c1-3-9(4-5-12)6-10-8(2)7-14-11(10)13/h3,6H,1,4-5,7,12H2,2H3/b9-6+. The van der Waals surface area contributed by atoms with Crippen LogP contribution in [-0.4, -0.2) is 19.1 Å². The highest BCUT2D eigenvalue weighted by molar-refractivity contribution is 5.94. The van der Waals surface area contributed by atoms with E-state index in [1.165, 1.54) is 0 Å². The topological polar surface area (TPSA) is 52.3 Å². The quantitative estimate of drug-likeness (QED) is 0.541. The van der Waals surface area contributed by atoms with E-state index in [0.717, 1.165) is 17.6 Å². The largest absolute Gasteiger partial charge is 0.458 e. The third kappa shape index (κ3) is 2.33. The summed E-state index contributed by atoms with van der Waals surface area (Å²) in [7, 11) is 0. The van der Waals surface area contributed by atoms with Gasteiger partial charge in [-0.1, -0.05) is 12.7 Å². The molecule has 3 nitrogen and oxygen atoms in total. The Bertz CT molecular complexity index is 313. The molecule has 3 heteroatoms. The Morgan fingerprint density at radius 2 is 2.43 bits per heavy atom. The van der Waals surface area contributed by atoms with E-state index in [-0.39, 0.29) is 5.97 Å². The fraction of sp³-hybridized carbons (Fsp3) is 0.364. The van der Waals surface area contributed by atoms with Crippen molar-refractivity contribution in [2.24, 2.45) is 5.73 Å². The third-order valence-corrected chi connectivity index (χ3v) is 2.12. The van der Waals surface area contributed by atoms with Crippen LogP contribution in [0.3, 0.4) is 0 Å². The molecule has 0 saturated carbocycles. The predicted octanol–water partition coefficient (Wildman–Crippen LogP) is 1.32. The average molecular weight is 193 g/mol. The summed E-state index contributed by atoms with van der Waals surface area (Å²) in [5, 5.41) is 0. The van der Waals surface area contributed by atoms with Crippen molar-refractivity contribution in [3.8, 4) is 0 Å². The lowest BCUT2D eigenvalue weighted by Gasteiger charge is -1.99. The number of carbonyl (C=O) groups is 1. The summed E-state index contributed by atoms with van der Waals surface area (Å²) in [6.07, 6.45) is 4.26. The number of nitrogens with two attached hydrogens (primary N) is 1. The molecule has 14 heavy (non-hydrogen) atoms. The molecule has 1 rings (SSSR count). The molecular formula is C11H15NO2. The molecule has 0 saturated heterocycles. The number of cyclic esters (lactones) is 1. The molecule has 0 radical (unpaired) electrons. The Labute approximate surface area is 83.9 Å². The minimum atomic E-state index is -0.251. The molecule has 0 aromatic heterocycles. The molecule has 0 aliphatic carbocycles. The molecular weight excluding hydrogens is 178 g/mol. The molecule has 76 valence electrons. The first-order valence-corrected chi connectivity index (χ1v) is 4.59. The second-order valence-electron chi connectivity index (χ2n) is 3.23. The van der Waals surface area contributed by atoms with Gasteiger partial charge >= 0.3 is 5.97 Å². The van der Waals surface area contributed by atoms with Crippen LogP contribution in [0.2, 0.25) is 0 Å². The Morgan fingerprint density at radius 1 is 1.71 bits per heavy atom. The number of hydrogen-bond acceptors (Lipinski definition) is 3. The van der Waals surface area contributed by atoms with E-state index >= 15 is 0 Å². The molecule has 0 fully saturated rings. The Balaban J connectivity index is 2.88. The van der Waals surface area contributed by atoms with E-state index < -0.39 is 0 Å². The maximum atomic E-state index is 11.3. The molecule has 0 atom stereocenters. The lowest BCUT2D eigenvalue weighted by molar-refractivity contribution is -0.135. The van der Waals surface area contributed by atoms with E-state index in [2.05, 4.69) is 6.58 Å². The van der Waals surface area contributed by atoms with Gasteiger partial charge in [0, 0.05) is 0 Å². The van der Waals surface area contributed by atoms with Crippen LogP contribution in [-0.2, 0) is 9.53 Å². The monoisotopic (exact) mass is 193 g/mol. The predicted molar refractivity (Wildman–Crippen MR) is 55.6 cm³/mol. The van der Waals surface area contributed by atoms with Crippen molar-refractivity contribution < 1.29 is 9.53 Å². The molecule has 0 aromatic carbocycles. The van der Waals surface area contributed by atoms with Crippen LogP contribution in [0.1, 0.15) is 13.3 Å². The van der Waals surface area contributed by atoms with Crippen molar-refractivity contribution in [2.45, 2.75) is 13.3 Å². The van der Waals surface area contributed by atoms with Gasteiger partial charge in [0.05, 0.1) is 5.57 Å². The minimum Gasteiger partial charge on any atom is -0.458 e. The number of carbonyl (C=O) groups excluding carboxylic acids is 1. The van der Waals surface area contributed by atoms with Crippen molar-refractivity contribution in [3.63, 3.8) is 0 Å². The van der Waals surface area contributed by atoms with Crippen molar-refractivity contribution in [2.75, 3.05) is 13.2 Å². The number of allylic oxidation sites excluding steroid dienone is 1. The van der Waals surface area contributed by atoms with Gasteiger partial charge in [-0.15, -0.1) is 0 Å². The van der Waals surface area contributed by atoms with Gasteiger partial charge in [-0.05, 0) is 37.1 Å². The lowest BCUT2D eigenvalue weighted by Crippen LogP contribution is -2.01. The highest BCUT2D eigenvalue weighted by atomic mass is 16.5. The molecule has 1 aliphatic rings. The summed E-state index contributed by atoms with van der Waals surface area (Å²) >= 11 is 0. The van der Waals surface area contributed by atoms with Gasteiger partial charge in [-0.3, -0.25) is 0 Å². The van der Waals surface area contributed by atoms with E-state index in [0.29, 0.717) is 18.7 Å². The number of hydrogen-bond donors (Lipinski definition) is 1. The fourth-order valence-electron chi connectivity index (χ4n) is 1.27. The van der Waals surface area contributed by atoms with Gasteiger partial charge in [0.15, 0.2) is 0 Å². The van der Waals surface area contributed by atoms with Crippen LogP contribution in [0.25, 0.3) is 0 Å². The van der Waals surface area contributed by atoms with Crippen LogP contribution in [0.5, 0.6) is 0 Å². The Kier molecular flexibility index (Phi) is 3.65. The van der Waals surface area contributed by atoms with Gasteiger partial charge in [-0.2, -0.15) is 0 Å². The fourth-order valence-corrected chi connectivity index (χ4v) is 1.27. The summed E-state index contributed by atoms with van der Waals surface area (Å²) < 4.78 is 4.88. The van der Waals surface area contributed by atoms with E-state index in [4.69, 9.17) is 10.5 Å². The Morgan fingerprint density at radius 3 is 2.86 bits per heavy atom. The summed E-state index contributed by atoms with van der Waals surface area (Å²) in [5.74, 6) is -0.251. The first-order chi connectivity index (χ1) is 6.69. The first-order valence-electron chi connectivity index (χ1n) is 4.59. The van der Waals surface area contributed by atoms with Gasteiger partial charge in [0.25, 0.3) is 0 Å². The second kappa shape index (κ2) is 4.77. The van der Waals surface area contributed by atoms with Crippen LogP contribution in [0, 0.1) is 0 Å². The summed E-state index contributed by atoms with van der Waals surface area (Å²) in [5.41, 5.74) is 8.01. The molecule has 1 aliphatic heterocycles. The Hall–Kier alpha value is -1.35. The molecule has 0 amide bonds. The zero-order chi connectivity index (χ0) is 10.6. The van der Waals surface area contributed by atoms with Crippen LogP contribution in [0.15, 0.2) is 35.5 Å². The molecule has 1 heterocycles. The van der Waals surface area contributed by atoms with Gasteiger partial charge in [-0.25, -0.2) is 4.79 Å². The van der Waals surface area contributed by atoms with Crippen LogP contribution in [0.4, 0.5) is 0 Å². The van der Waals surface area contributed by atoms with E-state index in [1.54, 1.807) is 6.08 Å². The van der Waals surface area contributed by atoms with Crippen LogP contribution < -0.4 is 5.73 Å². The summed E-state index contributed by atoms with van der Waals surface area (Å²) in [6, 6.07) is 0. The highest BCUT2D eigenvalue weighted by Crippen LogP contribution is 2.19. The molecule has 2 N–H and O–H groups in total. The van der Waals surface area contributed by atoms with E-state index in [9.17, 15) is 4.79 Å². The van der Waals surface area contributed by atoms with Crippen molar-refractivity contribution in [3.05, 3.63) is 35.5 Å². The van der Waals surface area contributed by atoms with Crippen molar-refractivity contribution in [1.29, 1.82) is 0 Å². The average Bonchev–Trinajstić information content (AvgIpc) is 2.48. The van der Waals surface area contributed by atoms with Gasteiger partial charge in [0.2, 0.25) is 0 Å². The normalized spacial score (nSPS) is 17.3. The molecule has 0 aromatic rings. The van der Waals surface area contributed by atoms with E-state index in [1.807, 2.05) is 13.0 Å². The summed E-state index contributed by atoms with van der Waals surface area (Å²) in [6.45, 7) is 6.52. The zero-order valence-electron chi connectivity index (χ0n) is 8.38. The van der Waals surface area contributed by atoms with Crippen molar-refractivity contribution >= 4 is 5.97 Å². The number of esters is 1. The SMILES string of the molecule is C=C/C(=C\C1=C(C)COC1=O)CCN. The number of ether oxygens (including phenoxy) is 1. The molecule has 0 spiro atoms. The zero-order valence-corrected chi connectivity index (χ0v) is 8.38. The summed E-state index contributed by atoms with van der Waals surface area (Å²) in [4.78, 5) is 11.3.